The highest BCUT2D eigenvalue weighted by atomic mass is 32.1. The number of hydrogen-bond acceptors (Lipinski definition) is 2. The average Bonchev–Trinajstić information content (AvgIpc) is 3.70. The van der Waals surface area contributed by atoms with Gasteiger partial charge in [0.25, 0.3) is 0 Å². The third-order valence-corrected chi connectivity index (χ3v) is 12.8. The van der Waals surface area contributed by atoms with Crippen molar-refractivity contribution in [3.8, 4) is 44.5 Å². The van der Waals surface area contributed by atoms with Crippen molar-refractivity contribution >= 4 is 48.6 Å². The van der Waals surface area contributed by atoms with Crippen LogP contribution in [0.15, 0.2) is 176 Å². The highest BCUT2D eigenvalue weighted by Crippen LogP contribution is 2.51. The number of anilines is 3. The van der Waals surface area contributed by atoms with Crippen molar-refractivity contribution in [3.63, 3.8) is 0 Å². The summed E-state index contributed by atoms with van der Waals surface area (Å²) in [6, 6.07) is 65.1. The van der Waals surface area contributed by atoms with Crippen LogP contribution < -0.4 is 4.90 Å². The summed E-state index contributed by atoms with van der Waals surface area (Å²) in [7, 11) is 0. The summed E-state index contributed by atoms with van der Waals surface area (Å²) >= 11 is 1.86. The maximum Gasteiger partial charge on any atom is 0.0467 e. The Morgan fingerprint density at radius 3 is 1.76 bits per heavy atom. The zero-order valence-corrected chi connectivity index (χ0v) is 32.4. The molecule has 264 valence electrons. The fraction of sp³-hybridized carbons (Fsp3) is 0.0943. The lowest BCUT2D eigenvalue weighted by Gasteiger charge is -2.27. The van der Waals surface area contributed by atoms with E-state index >= 15 is 0 Å². The lowest BCUT2D eigenvalue weighted by molar-refractivity contribution is 0.659. The van der Waals surface area contributed by atoms with E-state index in [1.807, 2.05) is 11.3 Å². The molecule has 0 fully saturated rings. The molecule has 1 aliphatic rings. The molecule has 2 heteroatoms. The van der Waals surface area contributed by atoms with Crippen LogP contribution in [0.4, 0.5) is 17.1 Å². The number of benzene rings is 8. The van der Waals surface area contributed by atoms with Gasteiger partial charge in [0.1, 0.15) is 0 Å². The molecule has 0 radical (unpaired) electrons. The molecule has 0 spiro atoms. The molecule has 0 bridgehead atoms. The molecule has 0 atom stereocenters. The van der Waals surface area contributed by atoms with E-state index in [1.165, 1.54) is 86.9 Å². The molecule has 1 aromatic heterocycles. The van der Waals surface area contributed by atoms with Gasteiger partial charge in [-0.1, -0.05) is 135 Å². The average molecular weight is 724 g/mol. The minimum atomic E-state index is -0.0300. The SMILES string of the molecule is Cc1cc(C)c2c(c1)C(C)(C)c1ccc(-c3cccc(N(c4ccc(-c5ccc6sc7ccccc7c6c5)cc4)c4cccc(-c5ccccc5)c4)c3)cc1-2. The normalized spacial score (nSPS) is 12.9. The summed E-state index contributed by atoms with van der Waals surface area (Å²) in [5.74, 6) is 0. The maximum atomic E-state index is 2.42. The first kappa shape index (κ1) is 33.4. The Kier molecular flexibility index (Phi) is 7.87. The van der Waals surface area contributed by atoms with Gasteiger partial charge < -0.3 is 4.90 Å². The van der Waals surface area contributed by atoms with Crippen molar-refractivity contribution < 1.29 is 0 Å². The van der Waals surface area contributed by atoms with Crippen LogP contribution in [0.25, 0.3) is 64.7 Å². The van der Waals surface area contributed by atoms with Crippen molar-refractivity contribution in [3.05, 3.63) is 198 Å². The highest BCUT2D eigenvalue weighted by molar-refractivity contribution is 7.25. The van der Waals surface area contributed by atoms with E-state index in [0.717, 1.165) is 17.1 Å². The van der Waals surface area contributed by atoms with E-state index < -0.39 is 0 Å². The van der Waals surface area contributed by atoms with E-state index in [1.54, 1.807) is 0 Å². The minimum Gasteiger partial charge on any atom is -0.310 e. The Morgan fingerprint density at radius 1 is 0.418 bits per heavy atom. The molecule has 0 saturated heterocycles. The number of fused-ring (bicyclic) bond motifs is 6. The molecular formula is C53H41NS. The topological polar surface area (TPSA) is 3.24 Å². The third-order valence-electron chi connectivity index (χ3n) is 11.6. The lowest BCUT2D eigenvalue weighted by Crippen LogP contribution is -2.15. The largest absolute Gasteiger partial charge is 0.310 e. The number of nitrogens with zero attached hydrogens (tertiary/aromatic N) is 1. The standard InChI is InChI=1S/C53H41NS/c1-34-28-35(2)52-47-33-41(22-26-48(47)53(3,4)49(52)29-34)39-15-11-17-44(31-39)54(43-16-10-14-38(30-43)36-12-6-5-7-13-36)42-24-20-37(21-25-42)40-23-27-51-46(32-40)45-18-8-9-19-50(45)55-51/h5-33H,1-4H3. The van der Waals surface area contributed by atoms with Crippen molar-refractivity contribution in [2.24, 2.45) is 0 Å². The summed E-state index contributed by atoms with van der Waals surface area (Å²) < 4.78 is 2.66. The molecule has 0 aliphatic heterocycles. The predicted octanol–water partition coefficient (Wildman–Crippen LogP) is 15.4. The summed E-state index contributed by atoms with van der Waals surface area (Å²) in [4.78, 5) is 2.40. The van der Waals surface area contributed by atoms with Crippen LogP contribution in [-0.2, 0) is 5.41 Å². The first-order valence-electron chi connectivity index (χ1n) is 19.2. The number of thiophene rings is 1. The summed E-state index contributed by atoms with van der Waals surface area (Å²) in [6.07, 6.45) is 0. The van der Waals surface area contributed by atoms with Crippen LogP contribution in [0.1, 0.15) is 36.1 Å². The monoisotopic (exact) mass is 723 g/mol. The molecule has 1 heterocycles. The van der Waals surface area contributed by atoms with Gasteiger partial charge in [-0.2, -0.15) is 0 Å². The molecule has 1 nitrogen and oxygen atoms in total. The number of hydrogen-bond donors (Lipinski definition) is 0. The summed E-state index contributed by atoms with van der Waals surface area (Å²) in [5.41, 5.74) is 18.9. The Labute approximate surface area is 327 Å². The van der Waals surface area contributed by atoms with Gasteiger partial charge >= 0.3 is 0 Å². The molecule has 55 heavy (non-hydrogen) atoms. The quantitative estimate of drug-likeness (QED) is 0.165. The van der Waals surface area contributed by atoms with Crippen LogP contribution in [0.3, 0.4) is 0 Å². The summed E-state index contributed by atoms with van der Waals surface area (Å²) in [5, 5.41) is 2.65. The van der Waals surface area contributed by atoms with E-state index in [4.69, 9.17) is 0 Å². The molecule has 9 aromatic rings. The second kappa shape index (κ2) is 13.0. The van der Waals surface area contributed by atoms with Crippen LogP contribution >= 0.6 is 11.3 Å². The van der Waals surface area contributed by atoms with Gasteiger partial charge in [0.15, 0.2) is 0 Å². The van der Waals surface area contributed by atoms with Crippen LogP contribution in [0, 0.1) is 13.8 Å². The zero-order valence-electron chi connectivity index (χ0n) is 31.6. The Hall–Kier alpha value is -6.22. The van der Waals surface area contributed by atoms with E-state index in [0.29, 0.717) is 0 Å². The van der Waals surface area contributed by atoms with Crippen LogP contribution in [-0.4, -0.2) is 0 Å². The fourth-order valence-corrected chi connectivity index (χ4v) is 9.96. The minimum absolute atomic E-state index is 0.0300. The van der Waals surface area contributed by atoms with Gasteiger partial charge in [-0.05, 0) is 136 Å². The third kappa shape index (κ3) is 5.68. The molecule has 0 amide bonds. The first-order valence-corrected chi connectivity index (χ1v) is 20.0. The Balaban J connectivity index is 1.07. The number of rotatable bonds is 6. The molecule has 1 aliphatic carbocycles. The van der Waals surface area contributed by atoms with E-state index in [-0.39, 0.29) is 5.41 Å². The molecule has 0 saturated carbocycles. The Bertz CT molecular complexity index is 2910. The van der Waals surface area contributed by atoms with E-state index in [2.05, 4.69) is 209 Å². The van der Waals surface area contributed by atoms with Gasteiger partial charge in [-0.15, -0.1) is 11.3 Å². The van der Waals surface area contributed by atoms with Crippen molar-refractivity contribution in [2.45, 2.75) is 33.1 Å². The summed E-state index contributed by atoms with van der Waals surface area (Å²) in [6.45, 7) is 9.21. The van der Waals surface area contributed by atoms with Gasteiger partial charge in [-0.3, -0.25) is 0 Å². The zero-order chi connectivity index (χ0) is 37.3. The van der Waals surface area contributed by atoms with E-state index in [9.17, 15) is 0 Å². The van der Waals surface area contributed by atoms with Crippen molar-refractivity contribution in [1.29, 1.82) is 0 Å². The second-order valence-electron chi connectivity index (χ2n) is 15.5. The van der Waals surface area contributed by atoms with Crippen LogP contribution in [0.2, 0.25) is 0 Å². The lowest BCUT2D eigenvalue weighted by atomic mass is 9.81. The molecule has 0 unspecified atom stereocenters. The first-order chi connectivity index (χ1) is 26.8. The van der Waals surface area contributed by atoms with Gasteiger partial charge in [0, 0.05) is 42.6 Å². The van der Waals surface area contributed by atoms with Crippen molar-refractivity contribution in [1.82, 2.24) is 0 Å². The molecular weight excluding hydrogens is 683 g/mol. The fourth-order valence-electron chi connectivity index (χ4n) is 8.87. The Morgan fingerprint density at radius 2 is 1.00 bits per heavy atom. The maximum absolute atomic E-state index is 2.42. The second-order valence-corrected chi connectivity index (χ2v) is 16.6. The molecule has 8 aromatic carbocycles. The smallest absolute Gasteiger partial charge is 0.0467 e. The van der Waals surface area contributed by atoms with Crippen molar-refractivity contribution in [2.75, 3.05) is 4.90 Å². The van der Waals surface area contributed by atoms with Gasteiger partial charge in [-0.25, -0.2) is 0 Å². The molecule has 10 rings (SSSR count). The van der Waals surface area contributed by atoms with Crippen LogP contribution in [0.5, 0.6) is 0 Å². The number of aryl methyl sites for hydroxylation is 2. The highest BCUT2D eigenvalue weighted by Gasteiger charge is 2.36. The van der Waals surface area contributed by atoms with Gasteiger partial charge in [0.05, 0.1) is 0 Å². The predicted molar refractivity (Wildman–Crippen MR) is 237 cm³/mol. The molecule has 0 N–H and O–H groups in total. The van der Waals surface area contributed by atoms with Gasteiger partial charge in [0.2, 0.25) is 0 Å².